The van der Waals surface area contributed by atoms with Crippen molar-refractivity contribution < 1.29 is 9.21 Å². The summed E-state index contributed by atoms with van der Waals surface area (Å²) in [4.78, 5) is 11.1. The molecular weight excluding hydrogens is 220 g/mol. The highest BCUT2D eigenvalue weighted by atomic mass is 16.3. The predicted octanol–water partition coefficient (Wildman–Crippen LogP) is 0.834. The molecule has 2 aromatic rings. The number of carbonyl (C=O) groups is 1. The average molecular weight is 234 g/mol. The molecule has 2 N–H and O–H groups in total. The number of anilines is 1. The number of aromatic nitrogens is 2. The van der Waals surface area contributed by atoms with Crippen LogP contribution in [0.3, 0.4) is 0 Å². The van der Waals surface area contributed by atoms with E-state index in [-0.39, 0.29) is 12.5 Å². The van der Waals surface area contributed by atoms with Gasteiger partial charge in [0.05, 0.1) is 24.7 Å². The molecule has 6 heteroatoms. The summed E-state index contributed by atoms with van der Waals surface area (Å²) in [5.41, 5.74) is 0.852. The van der Waals surface area contributed by atoms with Crippen molar-refractivity contribution in [2.45, 2.75) is 13.1 Å². The molecule has 0 fully saturated rings. The lowest BCUT2D eigenvalue weighted by Crippen LogP contribution is -2.23. The van der Waals surface area contributed by atoms with Gasteiger partial charge >= 0.3 is 0 Å². The van der Waals surface area contributed by atoms with E-state index < -0.39 is 0 Å². The van der Waals surface area contributed by atoms with Gasteiger partial charge in [0.1, 0.15) is 12.3 Å². The molecular formula is C11H14N4O2. The molecule has 0 saturated heterocycles. The number of nitrogens with one attached hydrogen (secondary N) is 2. The van der Waals surface area contributed by atoms with E-state index in [1.165, 1.54) is 0 Å². The molecule has 0 atom stereocenters. The molecule has 0 spiro atoms. The minimum absolute atomic E-state index is 0.0781. The molecule has 1 amide bonds. The van der Waals surface area contributed by atoms with Crippen molar-refractivity contribution in [1.82, 2.24) is 15.1 Å². The van der Waals surface area contributed by atoms with Gasteiger partial charge in [-0.15, -0.1) is 0 Å². The highest BCUT2D eigenvalue weighted by Crippen LogP contribution is 2.08. The maximum Gasteiger partial charge on any atom is 0.241 e. The molecule has 90 valence electrons. The number of carbonyl (C=O) groups excluding carboxylic acids is 1. The molecule has 0 aliphatic rings. The summed E-state index contributed by atoms with van der Waals surface area (Å²) in [5.74, 6) is 0.773. The van der Waals surface area contributed by atoms with Gasteiger partial charge in [0.2, 0.25) is 5.91 Å². The highest BCUT2D eigenvalue weighted by molar-refractivity contribution is 5.75. The van der Waals surface area contributed by atoms with E-state index in [2.05, 4.69) is 15.7 Å². The molecule has 0 aliphatic heterocycles. The number of amides is 1. The Morgan fingerprint density at radius 1 is 1.59 bits per heavy atom. The number of nitrogens with zero attached hydrogens (tertiary/aromatic N) is 2. The SMILES string of the molecule is CNC(=O)Cn1cc(NCc2ccco2)cn1. The lowest BCUT2D eigenvalue weighted by atomic mass is 10.4. The van der Waals surface area contributed by atoms with Crippen LogP contribution in [0.1, 0.15) is 5.76 Å². The Hall–Kier alpha value is -2.24. The molecule has 6 nitrogen and oxygen atoms in total. The molecule has 2 rings (SSSR count). The minimum atomic E-state index is -0.0781. The van der Waals surface area contributed by atoms with Gasteiger partial charge < -0.3 is 15.1 Å². The van der Waals surface area contributed by atoms with Gasteiger partial charge in [-0.1, -0.05) is 0 Å². The fourth-order valence-electron chi connectivity index (χ4n) is 1.37. The Bertz CT molecular complexity index is 475. The first-order valence-electron chi connectivity index (χ1n) is 5.27. The number of hydrogen-bond acceptors (Lipinski definition) is 4. The van der Waals surface area contributed by atoms with E-state index in [1.807, 2.05) is 12.1 Å². The number of hydrogen-bond donors (Lipinski definition) is 2. The third-order valence-corrected chi connectivity index (χ3v) is 2.26. The fourth-order valence-corrected chi connectivity index (χ4v) is 1.37. The summed E-state index contributed by atoms with van der Waals surface area (Å²) < 4.78 is 6.76. The van der Waals surface area contributed by atoms with E-state index in [9.17, 15) is 4.79 Å². The summed E-state index contributed by atoms with van der Waals surface area (Å²) in [6.07, 6.45) is 5.08. The zero-order valence-corrected chi connectivity index (χ0v) is 9.51. The van der Waals surface area contributed by atoms with Gasteiger partial charge in [-0.3, -0.25) is 9.48 Å². The van der Waals surface area contributed by atoms with Crippen molar-refractivity contribution in [3.05, 3.63) is 36.5 Å². The zero-order chi connectivity index (χ0) is 12.1. The van der Waals surface area contributed by atoms with Gasteiger partial charge in [-0.2, -0.15) is 5.10 Å². The molecule has 0 aliphatic carbocycles. The highest BCUT2D eigenvalue weighted by Gasteiger charge is 2.03. The third-order valence-electron chi connectivity index (χ3n) is 2.26. The second-order valence-corrected chi connectivity index (χ2v) is 3.53. The van der Waals surface area contributed by atoms with Crippen LogP contribution in [-0.4, -0.2) is 22.7 Å². The second kappa shape index (κ2) is 5.20. The molecule has 2 heterocycles. The smallest absolute Gasteiger partial charge is 0.241 e. The van der Waals surface area contributed by atoms with Gasteiger partial charge in [-0.05, 0) is 12.1 Å². The fraction of sp³-hybridized carbons (Fsp3) is 0.273. The van der Waals surface area contributed by atoms with Crippen LogP contribution in [0.25, 0.3) is 0 Å². The Kier molecular flexibility index (Phi) is 3.44. The van der Waals surface area contributed by atoms with Crippen LogP contribution in [-0.2, 0) is 17.9 Å². The van der Waals surface area contributed by atoms with Crippen LogP contribution >= 0.6 is 0 Å². The van der Waals surface area contributed by atoms with Crippen molar-refractivity contribution in [3.8, 4) is 0 Å². The van der Waals surface area contributed by atoms with Crippen molar-refractivity contribution >= 4 is 11.6 Å². The van der Waals surface area contributed by atoms with Gasteiger partial charge in [0.15, 0.2) is 0 Å². The maximum atomic E-state index is 11.1. The first-order valence-corrected chi connectivity index (χ1v) is 5.27. The Labute approximate surface area is 98.6 Å². The number of furan rings is 1. The quantitative estimate of drug-likeness (QED) is 0.804. The largest absolute Gasteiger partial charge is 0.467 e. The summed E-state index contributed by atoms with van der Waals surface area (Å²) >= 11 is 0. The molecule has 2 aromatic heterocycles. The first kappa shape index (κ1) is 11.3. The van der Waals surface area contributed by atoms with E-state index in [0.29, 0.717) is 6.54 Å². The third kappa shape index (κ3) is 3.10. The Morgan fingerprint density at radius 3 is 3.18 bits per heavy atom. The Morgan fingerprint density at radius 2 is 2.47 bits per heavy atom. The zero-order valence-electron chi connectivity index (χ0n) is 9.51. The topological polar surface area (TPSA) is 72.1 Å². The first-order chi connectivity index (χ1) is 8.28. The van der Waals surface area contributed by atoms with Crippen LogP contribution in [0.4, 0.5) is 5.69 Å². The predicted molar refractivity (Wildman–Crippen MR) is 62.3 cm³/mol. The van der Waals surface area contributed by atoms with Crippen LogP contribution in [0.15, 0.2) is 35.2 Å². The molecule has 0 unspecified atom stereocenters. The standard InChI is InChI=1S/C11H14N4O2/c1-12-11(16)8-15-7-9(5-14-15)13-6-10-3-2-4-17-10/h2-5,7,13H,6,8H2,1H3,(H,12,16). The number of rotatable bonds is 5. The second-order valence-electron chi connectivity index (χ2n) is 3.53. The molecule has 0 radical (unpaired) electrons. The van der Waals surface area contributed by atoms with Crippen molar-refractivity contribution in [2.24, 2.45) is 0 Å². The van der Waals surface area contributed by atoms with E-state index in [1.54, 1.807) is 30.4 Å². The normalized spacial score (nSPS) is 10.2. The Balaban J connectivity index is 1.88. The maximum absolute atomic E-state index is 11.1. The van der Waals surface area contributed by atoms with Gasteiger partial charge in [0, 0.05) is 13.2 Å². The lowest BCUT2D eigenvalue weighted by molar-refractivity contribution is -0.121. The lowest BCUT2D eigenvalue weighted by Gasteiger charge is -2.00. The van der Waals surface area contributed by atoms with Crippen molar-refractivity contribution in [2.75, 3.05) is 12.4 Å². The van der Waals surface area contributed by atoms with E-state index in [4.69, 9.17) is 4.42 Å². The summed E-state index contributed by atoms with van der Waals surface area (Å²) in [7, 11) is 1.60. The van der Waals surface area contributed by atoms with Crippen LogP contribution in [0.2, 0.25) is 0 Å². The van der Waals surface area contributed by atoms with Crippen LogP contribution in [0.5, 0.6) is 0 Å². The van der Waals surface area contributed by atoms with Gasteiger partial charge in [-0.25, -0.2) is 0 Å². The average Bonchev–Trinajstić information content (AvgIpc) is 2.97. The summed E-state index contributed by atoms with van der Waals surface area (Å²) in [5, 5.41) is 9.76. The van der Waals surface area contributed by atoms with E-state index in [0.717, 1.165) is 11.4 Å². The molecule has 17 heavy (non-hydrogen) atoms. The molecule has 0 saturated carbocycles. The van der Waals surface area contributed by atoms with Gasteiger partial charge in [0.25, 0.3) is 0 Å². The van der Waals surface area contributed by atoms with Crippen LogP contribution in [0, 0.1) is 0 Å². The minimum Gasteiger partial charge on any atom is -0.467 e. The summed E-state index contributed by atoms with van der Waals surface area (Å²) in [6, 6.07) is 3.73. The number of likely N-dealkylation sites (N-methyl/N-ethyl adjacent to an activating group) is 1. The monoisotopic (exact) mass is 234 g/mol. The van der Waals surface area contributed by atoms with Crippen LogP contribution < -0.4 is 10.6 Å². The molecule has 0 aromatic carbocycles. The van der Waals surface area contributed by atoms with E-state index >= 15 is 0 Å². The van der Waals surface area contributed by atoms with Crippen molar-refractivity contribution in [1.29, 1.82) is 0 Å². The summed E-state index contributed by atoms with van der Waals surface area (Å²) in [6.45, 7) is 0.817. The molecule has 0 bridgehead atoms. The van der Waals surface area contributed by atoms with Crippen molar-refractivity contribution in [3.63, 3.8) is 0 Å².